The largest absolute Gasteiger partial charge is 0.469 e. The average Bonchev–Trinajstić information content (AvgIpc) is 3.01. The van der Waals surface area contributed by atoms with Crippen LogP contribution in [0.4, 0.5) is 0 Å². The van der Waals surface area contributed by atoms with Gasteiger partial charge in [0.25, 0.3) is 0 Å². The fourth-order valence-corrected chi connectivity index (χ4v) is 4.09. The molecule has 3 heteroatoms. The molecule has 1 heterocycles. The van der Waals surface area contributed by atoms with E-state index in [2.05, 4.69) is 66.2 Å². The third-order valence-electron chi connectivity index (χ3n) is 5.42. The number of carbonyl (C=O) groups excluding carboxylic acids is 1. The van der Waals surface area contributed by atoms with Crippen LogP contribution in [-0.4, -0.2) is 17.6 Å². The van der Waals surface area contributed by atoms with Gasteiger partial charge in [0.15, 0.2) is 0 Å². The van der Waals surface area contributed by atoms with E-state index in [1.54, 1.807) is 0 Å². The van der Waals surface area contributed by atoms with E-state index in [-0.39, 0.29) is 11.9 Å². The van der Waals surface area contributed by atoms with Crippen LogP contribution in [0.25, 0.3) is 27.7 Å². The van der Waals surface area contributed by atoms with Gasteiger partial charge < -0.3 is 9.30 Å². The molecule has 0 fully saturated rings. The van der Waals surface area contributed by atoms with E-state index in [1.165, 1.54) is 40.4 Å². The number of allylic oxidation sites excluding steroid dienone is 2. The van der Waals surface area contributed by atoms with Crippen molar-refractivity contribution in [3.05, 3.63) is 66.2 Å². The van der Waals surface area contributed by atoms with Crippen LogP contribution in [0.3, 0.4) is 0 Å². The maximum atomic E-state index is 11.9. The molecule has 2 aromatic carbocycles. The first-order chi connectivity index (χ1) is 12.7. The predicted octanol–water partition coefficient (Wildman–Crippen LogP) is 5.20. The number of fused-ring (bicyclic) bond motifs is 1. The lowest BCUT2D eigenvalue weighted by Gasteiger charge is -2.21. The molecule has 3 aromatic rings. The Labute approximate surface area is 153 Å². The zero-order valence-electron chi connectivity index (χ0n) is 15.2. The Hall–Kier alpha value is -2.81. The first-order valence-corrected chi connectivity index (χ1v) is 9.10. The lowest BCUT2D eigenvalue weighted by molar-refractivity contribution is -0.145. The van der Waals surface area contributed by atoms with Crippen molar-refractivity contribution in [1.29, 1.82) is 0 Å². The van der Waals surface area contributed by atoms with Gasteiger partial charge >= 0.3 is 5.97 Å². The highest BCUT2D eigenvalue weighted by atomic mass is 16.5. The van der Waals surface area contributed by atoms with Crippen LogP contribution in [0, 0.1) is 5.92 Å². The Bertz CT molecular complexity index is 982. The first-order valence-electron chi connectivity index (χ1n) is 9.10. The third-order valence-corrected chi connectivity index (χ3v) is 5.42. The van der Waals surface area contributed by atoms with Crippen molar-refractivity contribution >= 4 is 22.4 Å². The van der Waals surface area contributed by atoms with Crippen LogP contribution in [0.5, 0.6) is 0 Å². The summed E-state index contributed by atoms with van der Waals surface area (Å²) < 4.78 is 7.21. The van der Waals surface area contributed by atoms with Crippen LogP contribution in [0.1, 0.15) is 24.8 Å². The Kier molecular flexibility index (Phi) is 4.37. The highest BCUT2D eigenvalue weighted by Gasteiger charge is 2.26. The van der Waals surface area contributed by atoms with Gasteiger partial charge in [-0.05, 0) is 36.5 Å². The van der Waals surface area contributed by atoms with Crippen LogP contribution < -0.4 is 0 Å². The van der Waals surface area contributed by atoms with Crippen molar-refractivity contribution < 1.29 is 9.53 Å². The van der Waals surface area contributed by atoms with Gasteiger partial charge in [-0.2, -0.15) is 0 Å². The summed E-state index contributed by atoms with van der Waals surface area (Å²) in [7, 11) is 3.61. The van der Waals surface area contributed by atoms with Gasteiger partial charge in [-0.15, -0.1) is 0 Å². The first kappa shape index (κ1) is 16.6. The molecular formula is C23H23NO2. The summed E-state index contributed by atoms with van der Waals surface area (Å²) in [5.41, 5.74) is 6.34. The molecule has 1 aliphatic rings. The summed E-state index contributed by atoms with van der Waals surface area (Å²) in [5, 5.41) is 1.27. The van der Waals surface area contributed by atoms with Crippen molar-refractivity contribution in [2.24, 2.45) is 13.0 Å². The van der Waals surface area contributed by atoms with Crippen LogP contribution in [0.15, 0.2) is 60.7 Å². The van der Waals surface area contributed by atoms with Crippen LogP contribution in [-0.2, 0) is 16.6 Å². The maximum Gasteiger partial charge on any atom is 0.308 e. The molecule has 0 saturated heterocycles. The van der Waals surface area contributed by atoms with Crippen molar-refractivity contribution in [3.63, 3.8) is 0 Å². The molecule has 4 rings (SSSR count). The summed E-state index contributed by atoms with van der Waals surface area (Å²) >= 11 is 0. The lowest BCUT2D eigenvalue weighted by atomic mass is 9.85. The van der Waals surface area contributed by atoms with Crippen molar-refractivity contribution in [2.45, 2.75) is 19.3 Å². The minimum Gasteiger partial charge on any atom is -0.469 e. The van der Waals surface area contributed by atoms with Crippen molar-refractivity contribution in [2.75, 3.05) is 7.11 Å². The smallest absolute Gasteiger partial charge is 0.308 e. The quantitative estimate of drug-likeness (QED) is 0.611. The van der Waals surface area contributed by atoms with Crippen LogP contribution >= 0.6 is 0 Å². The van der Waals surface area contributed by atoms with Crippen molar-refractivity contribution in [1.82, 2.24) is 4.57 Å². The second-order valence-corrected chi connectivity index (χ2v) is 6.89. The number of esters is 1. The van der Waals surface area contributed by atoms with Crippen LogP contribution in [0.2, 0.25) is 0 Å². The lowest BCUT2D eigenvalue weighted by Crippen LogP contribution is -2.18. The van der Waals surface area contributed by atoms with E-state index in [1.807, 2.05) is 6.07 Å². The predicted molar refractivity (Wildman–Crippen MR) is 106 cm³/mol. The number of hydrogen-bond acceptors (Lipinski definition) is 2. The molecule has 0 N–H and O–H groups in total. The number of methoxy groups -OCH3 is 1. The van der Waals surface area contributed by atoms with E-state index in [0.29, 0.717) is 0 Å². The van der Waals surface area contributed by atoms with E-state index >= 15 is 0 Å². The minimum atomic E-state index is -0.0958. The Morgan fingerprint density at radius 3 is 2.50 bits per heavy atom. The second kappa shape index (κ2) is 6.83. The Balaban J connectivity index is 1.87. The average molecular weight is 345 g/mol. The third kappa shape index (κ3) is 2.74. The SMILES string of the molecule is COC(=O)C1CC=C(c2c(-c3ccccc3)n(C)c3ccccc23)CC1. The standard InChI is InChI=1S/C23H23NO2/c1-24-20-11-7-6-10-19(20)21(22(24)17-8-4-3-5-9-17)16-12-14-18(15-13-16)23(25)26-2/h3-12,18H,13-15H2,1-2H3. The monoisotopic (exact) mass is 345 g/mol. The maximum absolute atomic E-state index is 11.9. The Morgan fingerprint density at radius 1 is 1.08 bits per heavy atom. The topological polar surface area (TPSA) is 31.2 Å². The summed E-state index contributed by atoms with van der Waals surface area (Å²) in [6.07, 6.45) is 4.72. The molecule has 132 valence electrons. The highest BCUT2D eigenvalue weighted by molar-refractivity contribution is 6.01. The van der Waals surface area contributed by atoms with E-state index < -0.39 is 0 Å². The molecule has 3 nitrogen and oxygen atoms in total. The van der Waals surface area contributed by atoms with Crippen molar-refractivity contribution in [3.8, 4) is 11.3 Å². The summed E-state index contributed by atoms with van der Waals surface area (Å²) in [5.74, 6) is -0.111. The molecule has 1 atom stereocenters. The fraction of sp³-hybridized carbons (Fsp3) is 0.261. The molecule has 1 aromatic heterocycles. The number of aryl methyl sites for hydroxylation is 1. The molecule has 0 spiro atoms. The number of carbonyl (C=O) groups is 1. The number of benzene rings is 2. The van der Waals surface area contributed by atoms with E-state index in [4.69, 9.17) is 4.74 Å². The molecule has 0 aliphatic heterocycles. The van der Waals surface area contributed by atoms with Gasteiger partial charge in [0.1, 0.15) is 0 Å². The molecule has 1 aliphatic carbocycles. The number of rotatable bonds is 3. The molecular weight excluding hydrogens is 322 g/mol. The van der Waals surface area contributed by atoms with Gasteiger partial charge in [-0.3, -0.25) is 4.79 Å². The summed E-state index contributed by atoms with van der Waals surface area (Å²) in [6.45, 7) is 0. The van der Waals surface area contributed by atoms with Gasteiger partial charge in [0.2, 0.25) is 0 Å². The Morgan fingerprint density at radius 2 is 1.81 bits per heavy atom. The minimum absolute atomic E-state index is 0.0149. The molecule has 1 unspecified atom stereocenters. The van der Waals surface area contributed by atoms with E-state index in [0.717, 1.165) is 19.3 Å². The zero-order chi connectivity index (χ0) is 18.1. The summed E-state index contributed by atoms with van der Waals surface area (Å²) in [6, 6.07) is 19.1. The number of aromatic nitrogens is 1. The molecule has 0 saturated carbocycles. The van der Waals surface area contributed by atoms with Gasteiger partial charge in [0.05, 0.1) is 18.7 Å². The fourth-order valence-electron chi connectivity index (χ4n) is 4.09. The number of nitrogens with zero attached hydrogens (tertiary/aromatic N) is 1. The molecule has 0 amide bonds. The number of hydrogen-bond donors (Lipinski definition) is 0. The number of ether oxygens (including phenoxy) is 1. The summed E-state index contributed by atoms with van der Waals surface area (Å²) in [4.78, 5) is 11.9. The molecule has 0 bridgehead atoms. The highest BCUT2D eigenvalue weighted by Crippen LogP contribution is 2.41. The second-order valence-electron chi connectivity index (χ2n) is 6.89. The van der Waals surface area contributed by atoms with Gasteiger partial charge in [0, 0.05) is 23.5 Å². The normalized spacial score (nSPS) is 17.2. The van der Waals surface area contributed by atoms with Gasteiger partial charge in [-0.25, -0.2) is 0 Å². The molecule has 26 heavy (non-hydrogen) atoms. The molecule has 0 radical (unpaired) electrons. The van der Waals surface area contributed by atoms with E-state index in [9.17, 15) is 4.79 Å². The zero-order valence-corrected chi connectivity index (χ0v) is 15.2. The van der Waals surface area contributed by atoms with Gasteiger partial charge in [-0.1, -0.05) is 54.6 Å². The number of para-hydroxylation sites is 1.